The highest BCUT2D eigenvalue weighted by Gasteiger charge is 2.24. The first kappa shape index (κ1) is 23.1. The molecule has 0 aromatic heterocycles. The maximum absolute atomic E-state index is 11.0. The third-order valence-corrected chi connectivity index (χ3v) is 5.44. The number of guanidine groups is 1. The van der Waals surface area contributed by atoms with Crippen LogP contribution in [0.2, 0.25) is 0 Å². The Kier molecular flexibility index (Phi) is 11.0. The maximum Gasteiger partial charge on any atom is 0.221 e. The van der Waals surface area contributed by atoms with Crippen LogP contribution in [-0.2, 0) is 11.2 Å². The van der Waals surface area contributed by atoms with Gasteiger partial charge in [-0.15, -0.1) is 24.0 Å². The number of halogens is 1. The molecule has 1 aromatic rings. The molecule has 1 amide bonds. The van der Waals surface area contributed by atoms with E-state index in [1.807, 2.05) is 36.0 Å². The lowest BCUT2D eigenvalue weighted by atomic mass is 10.1. The Balaban J connectivity index is 0.00000338. The van der Waals surface area contributed by atoms with E-state index in [1.165, 1.54) is 31.7 Å². The fourth-order valence-corrected chi connectivity index (χ4v) is 3.85. The van der Waals surface area contributed by atoms with Crippen molar-refractivity contribution in [3.63, 3.8) is 0 Å². The number of benzene rings is 1. The summed E-state index contributed by atoms with van der Waals surface area (Å²) in [5.74, 6) is 0.874. The molecule has 26 heavy (non-hydrogen) atoms. The van der Waals surface area contributed by atoms with E-state index in [9.17, 15) is 4.79 Å². The van der Waals surface area contributed by atoms with E-state index in [0.717, 1.165) is 36.4 Å². The highest BCUT2D eigenvalue weighted by molar-refractivity contribution is 14.0. The Morgan fingerprint density at radius 1 is 1.27 bits per heavy atom. The van der Waals surface area contributed by atoms with Gasteiger partial charge in [0.1, 0.15) is 0 Å². The van der Waals surface area contributed by atoms with E-state index in [1.54, 1.807) is 0 Å². The van der Waals surface area contributed by atoms with Gasteiger partial charge in [0.25, 0.3) is 0 Å². The molecule has 146 valence electrons. The Morgan fingerprint density at radius 3 is 2.58 bits per heavy atom. The van der Waals surface area contributed by atoms with Crippen molar-refractivity contribution in [1.82, 2.24) is 10.6 Å². The minimum atomic E-state index is -0.0469. The van der Waals surface area contributed by atoms with Crippen LogP contribution in [0.1, 0.15) is 38.7 Å². The Bertz CT molecular complexity index is 579. The zero-order valence-electron chi connectivity index (χ0n) is 15.9. The maximum atomic E-state index is 11.0. The van der Waals surface area contributed by atoms with Crippen molar-refractivity contribution in [2.45, 2.75) is 50.8 Å². The van der Waals surface area contributed by atoms with Crippen LogP contribution >= 0.6 is 35.7 Å². The van der Waals surface area contributed by atoms with E-state index < -0.39 is 0 Å². The van der Waals surface area contributed by atoms with Crippen LogP contribution < -0.4 is 16.0 Å². The molecule has 2 rings (SSSR count). The number of rotatable bonds is 7. The summed E-state index contributed by atoms with van der Waals surface area (Å²) in [5, 5.41) is 10.5. The minimum absolute atomic E-state index is 0. The molecule has 1 aliphatic carbocycles. The van der Waals surface area contributed by atoms with Crippen molar-refractivity contribution in [1.29, 1.82) is 0 Å². The normalized spacial score (nSPS) is 19.6. The summed E-state index contributed by atoms with van der Waals surface area (Å²) >= 11 is 1.97. The SMILES string of the molecule is CCNC(=NCCc1ccc(NC(C)=O)cc1)NC1CCC(SC)C1.I. The second-order valence-corrected chi connectivity index (χ2v) is 7.54. The van der Waals surface area contributed by atoms with E-state index in [0.29, 0.717) is 6.04 Å². The molecule has 5 nitrogen and oxygen atoms in total. The second kappa shape index (κ2) is 12.4. The number of aliphatic imine (C=N–C) groups is 1. The minimum Gasteiger partial charge on any atom is -0.357 e. The first-order chi connectivity index (χ1) is 12.1. The lowest BCUT2D eigenvalue weighted by Crippen LogP contribution is -2.42. The van der Waals surface area contributed by atoms with Crippen LogP contribution in [0.4, 0.5) is 5.69 Å². The van der Waals surface area contributed by atoms with Gasteiger partial charge < -0.3 is 16.0 Å². The van der Waals surface area contributed by atoms with Crippen LogP contribution in [0.3, 0.4) is 0 Å². The number of carbonyl (C=O) groups excluding carboxylic acids is 1. The van der Waals surface area contributed by atoms with E-state index in [2.05, 4.69) is 29.1 Å². The molecule has 1 fully saturated rings. The van der Waals surface area contributed by atoms with Gasteiger partial charge >= 0.3 is 0 Å². The summed E-state index contributed by atoms with van der Waals surface area (Å²) in [5.41, 5.74) is 2.05. The molecule has 0 aliphatic heterocycles. The molecule has 0 saturated heterocycles. The summed E-state index contributed by atoms with van der Waals surface area (Å²) in [6.07, 6.45) is 6.81. The van der Waals surface area contributed by atoms with Gasteiger partial charge in [0.15, 0.2) is 5.96 Å². The van der Waals surface area contributed by atoms with Gasteiger partial charge in [0.2, 0.25) is 5.91 Å². The van der Waals surface area contributed by atoms with Gasteiger partial charge in [-0.25, -0.2) is 0 Å². The Hall–Kier alpha value is -0.960. The average molecular weight is 490 g/mol. The van der Waals surface area contributed by atoms with Crippen molar-refractivity contribution >= 4 is 53.3 Å². The van der Waals surface area contributed by atoms with Crippen molar-refractivity contribution in [2.24, 2.45) is 4.99 Å². The fraction of sp³-hybridized carbons (Fsp3) is 0.579. The van der Waals surface area contributed by atoms with Gasteiger partial charge in [0, 0.05) is 37.0 Å². The van der Waals surface area contributed by atoms with Crippen LogP contribution in [-0.4, -0.2) is 42.5 Å². The molecule has 1 aliphatic rings. The second-order valence-electron chi connectivity index (χ2n) is 6.40. The summed E-state index contributed by atoms with van der Waals surface area (Å²) in [7, 11) is 0. The predicted octanol–water partition coefficient (Wildman–Crippen LogP) is 3.64. The molecular weight excluding hydrogens is 459 g/mol. The topological polar surface area (TPSA) is 65.5 Å². The summed E-state index contributed by atoms with van der Waals surface area (Å²) in [6, 6.07) is 8.49. The number of hydrogen-bond acceptors (Lipinski definition) is 3. The van der Waals surface area contributed by atoms with E-state index >= 15 is 0 Å². The quantitative estimate of drug-likeness (QED) is 0.310. The molecule has 1 aromatic carbocycles. The monoisotopic (exact) mass is 490 g/mol. The smallest absolute Gasteiger partial charge is 0.221 e. The van der Waals surface area contributed by atoms with Crippen LogP contribution in [0.5, 0.6) is 0 Å². The van der Waals surface area contributed by atoms with E-state index in [-0.39, 0.29) is 29.9 Å². The number of carbonyl (C=O) groups is 1. The number of thioether (sulfide) groups is 1. The molecule has 0 radical (unpaired) electrons. The zero-order chi connectivity index (χ0) is 18.1. The van der Waals surface area contributed by atoms with E-state index in [4.69, 9.17) is 4.99 Å². The first-order valence-electron chi connectivity index (χ1n) is 9.05. The number of anilines is 1. The number of nitrogens with zero attached hydrogens (tertiary/aromatic N) is 1. The van der Waals surface area contributed by atoms with Gasteiger partial charge in [-0.2, -0.15) is 11.8 Å². The first-order valence-corrected chi connectivity index (χ1v) is 10.3. The van der Waals surface area contributed by atoms with Crippen molar-refractivity contribution < 1.29 is 4.79 Å². The fourth-order valence-electron chi connectivity index (χ4n) is 3.05. The number of hydrogen-bond donors (Lipinski definition) is 3. The molecule has 3 N–H and O–H groups in total. The zero-order valence-corrected chi connectivity index (χ0v) is 19.0. The predicted molar refractivity (Wildman–Crippen MR) is 124 cm³/mol. The highest BCUT2D eigenvalue weighted by atomic mass is 127. The lowest BCUT2D eigenvalue weighted by molar-refractivity contribution is -0.114. The standard InChI is InChI=1S/C19H30N4OS.HI/c1-4-20-19(23-17-9-10-18(13-17)25-3)21-12-11-15-5-7-16(8-6-15)22-14(2)24;/h5-8,17-18H,4,9-13H2,1-3H3,(H,22,24)(H2,20,21,23);1H. The van der Waals surface area contributed by atoms with Crippen molar-refractivity contribution in [3.05, 3.63) is 29.8 Å². The van der Waals surface area contributed by atoms with Crippen molar-refractivity contribution in [2.75, 3.05) is 24.7 Å². The molecule has 0 spiro atoms. The molecule has 2 unspecified atom stereocenters. The third kappa shape index (κ3) is 8.16. The average Bonchev–Trinajstić information content (AvgIpc) is 3.04. The van der Waals surface area contributed by atoms with Gasteiger partial charge in [-0.3, -0.25) is 9.79 Å². The molecule has 7 heteroatoms. The van der Waals surface area contributed by atoms with Gasteiger partial charge in [-0.1, -0.05) is 12.1 Å². The van der Waals surface area contributed by atoms with Crippen LogP contribution in [0.15, 0.2) is 29.3 Å². The molecule has 0 heterocycles. The molecular formula is C19H31IN4OS. The summed E-state index contributed by atoms with van der Waals surface area (Å²) in [4.78, 5) is 15.8. The number of amides is 1. The number of nitrogens with one attached hydrogen (secondary N) is 3. The highest BCUT2D eigenvalue weighted by Crippen LogP contribution is 2.28. The summed E-state index contributed by atoms with van der Waals surface area (Å²) < 4.78 is 0. The Labute approximate surface area is 178 Å². The van der Waals surface area contributed by atoms with Gasteiger partial charge in [0.05, 0.1) is 0 Å². The molecule has 0 bridgehead atoms. The van der Waals surface area contributed by atoms with Crippen LogP contribution in [0, 0.1) is 0 Å². The van der Waals surface area contributed by atoms with Crippen molar-refractivity contribution in [3.8, 4) is 0 Å². The summed E-state index contributed by atoms with van der Waals surface area (Å²) in [6.45, 7) is 5.23. The molecule has 1 saturated carbocycles. The van der Waals surface area contributed by atoms with Gasteiger partial charge in [-0.05, 0) is 56.6 Å². The largest absolute Gasteiger partial charge is 0.357 e. The lowest BCUT2D eigenvalue weighted by Gasteiger charge is -2.17. The molecule has 2 atom stereocenters. The third-order valence-electron chi connectivity index (χ3n) is 4.35. The van der Waals surface area contributed by atoms with Crippen LogP contribution in [0.25, 0.3) is 0 Å². The Morgan fingerprint density at radius 2 is 2.00 bits per heavy atom.